The minimum atomic E-state index is 1.25. The Morgan fingerprint density at radius 3 is 1.53 bits per heavy atom. The van der Waals surface area contributed by atoms with Gasteiger partial charge in [-0.25, -0.2) is 0 Å². The standard InChI is InChI=1S/C43H28/c1-27-19-20-31-26-32(22-21-30(31)25-27)33-23-24-38-41-34(33)17-10-18-37(41)42-39(28-11-4-2-5-12-28)35-15-8-9-16-36(35)40(43(38)42)29-13-6-3-7-14-29/h2-26H,1H3. The summed E-state index contributed by atoms with van der Waals surface area (Å²) in [6.45, 7) is 2.16. The van der Waals surface area contributed by atoms with Crippen molar-refractivity contribution in [2.75, 3.05) is 0 Å². The van der Waals surface area contributed by atoms with Crippen LogP contribution in [0.15, 0.2) is 152 Å². The third-order valence-corrected chi connectivity index (χ3v) is 9.23. The summed E-state index contributed by atoms with van der Waals surface area (Å²) in [6.07, 6.45) is 0. The molecule has 43 heavy (non-hydrogen) atoms. The molecule has 8 aromatic carbocycles. The number of aryl methyl sites for hydroxylation is 1. The van der Waals surface area contributed by atoms with E-state index >= 15 is 0 Å². The third kappa shape index (κ3) is 3.57. The summed E-state index contributed by atoms with van der Waals surface area (Å²) in [4.78, 5) is 0. The number of hydrogen-bond acceptors (Lipinski definition) is 0. The number of hydrogen-bond donors (Lipinski definition) is 0. The highest BCUT2D eigenvalue weighted by Gasteiger charge is 2.31. The molecule has 9 rings (SSSR count). The molecule has 0 saturated carbocycles. The van der Waals surface area contributed by atoms with Gasteiger partial charge in [0, 0.05) is 0 Å². The number of benzene rings is 8. The van der Waals surface area contributed by atoms with E-state index < -0.39 is 0 Å². The van der Waals surface area contributed by atoms with Gasteiger partial charge in [0.2, 0.25) is 0 Å². The van der Waals surface area contributed by atoms with E-state index in [0.29, 0.717) is 0 Å². The van der Waals surface area contributed by atoms with Gasteiger partial charge in [-0.3, -0.25) is 0 Å². The molecule has 0 fully saturated rings. The van der Waals surface area contributed by atoms with Gasteiger partial charge in [-0.05, 0) is 101 Å². The molecule has 0 aliphatic heterocycles. The molecule has 1 aliphatic carbocycles. The van der Waals surface area contributed by atoms with E-state index in [9.17, 15) is 0 Å². The first-order valence-corrected chi connectivity index (χ1v) is 15.0. The maximum Gasteiger partial charge on any atom is -0.000741 e. The van der Waals surface area contributed by atoms with Crippen molar-refractivity contribution in [1.29, 1.82) is 0 Å². The SMILES string of the molecule is Cc1ccc2cc(-c3ccc4c5c(cccc35)-c3c-4c(-c4ccccc4)c4ccccc4c3-c3ccccc3)ccc2c1. The van der Waals surface area contributed by atoms with Crippen molar-refractivity contribution in [3.63, 3.8) is 0 Å². The second-order valence-corrected chi connectivity index (χ2v) is 11.7. The fourth-order valence-corrected chi connectivity index (χ4v) is 7.39. The fraction of sp³-hybridized carbons (Fsp3) is 0.0233. The molecule has 0 amide bonds. The summed E-state index contributed by atoms with van der Waals surface area (Å²) in [7, 11) is 0. The Labute approximate surface area is 251 Å². The van der Waals surface area contributed by atoms with Gasteiger partial charge in [-0.2, -0.15) is 0 Å². The largest absolute Gasteiger partial charge is 0.0622 e. The molecule has 200 valence electrons. The molecule has 0 unspecified atom stereocenters. The molecule has 0 nitrogen and oxygen atoms in total. The topological polar surface area (TPSA) is 0 Å². The van der Waals surface area contributed by atoms with E-state index in [-0.39, 0.29) is 0 Å². The van der Waals surface area contributed by atoms with E-state index in [1.54, 1.807) is 0 Å². The minimum absolute atomic E-state index is 1.25. The summed E-state index contributed by atoms with van der Waals surface area (Å²) >= 11 is 0. The Bertz CT molecular complexity index is 2290. The quantitative estimate of drug-likeness (QED) is 0.207. The first kappa shape index (κ1) is 24.2. The smallest absolute Gasteiger partial charge is 0.000741 e. The zero-order chi connectivity index (χ0) is 28.5. The van der Waals surface area contributed by atoms with Crippen LogP contribution < -0.4 is 0 Å². The zero-order valence-electron chi connectivity index (χ0n) is 23.9. The van der Waals surface area contributed by atoms with Crippen molar-refractivity contribution in [1.82, 2.24) is 0 Å². The molecular weight excluding hydrogens is 516 g/mol. The van der Waals surface area contributed by atoms with Crippen LogP contribution in [0.3, 0.4) is 0 Å². The fourth-order valence-electron chi connectivity index (χ4n) is 7.39. The summed E-state index contributed by atoms with van der Waals surface area (Å²) in [5.74, 6) is 0. The van der Waals surface area contributed by atoms with Crippen molar-refractivity contribution in [2.24, 2.45) is 0 Å². The molecule has 0 bridgehead atoms. The Hall–Kier alpha value is -5.46. The van der Waals surface area contributed by atoms with Crippen LogP contribution in [0, 0.1) is 6.92 Å². The molecule has 0 saturated heterocycles. The van der Waals surface area contributed by atoms with Crippen LogP contribution in [0.2, 0.25) is 0 Å². The monoisotopic (exact) mass is 544 g/mol. The lowest BCUT2D eigenvalue weighted by Crippen LogP contribution is -1.93. The lowest BCUT2D eigenvalue weighted by Gasteiger charge is -2.20. The Kier molecular flexibility index (Phi) is 5.21. The van der Waals surface area contributed by atoms with Crippen LogP contribution in [0.5, 0.6) is 0 Å². The maximum absolute atomic E-state index is 2.38. The first-order chi connectivity index (χ1) is 21.3. The Morgan fingerprint density at radius 2 is 0.860 bits per heavy atom. The van der Waals surface area contributed by atoms with Crippen LogP contribution >= 0.6 is 0 Å². The summed E-state index contributed by atoms with van der Waals surface area (Å²) in [5, 5.41) is 7.80. The number of rotatable bonds is 3. The normalized spacial score (nSPS) is 11.8. The lowest BCUT2D eigenvalue weighted by atomic mass is 9.82. The summed E-state index contributed by atoms with van der Waals surface area (Å²) in [5.41, 5.74) is 14.3. The van der Waals surface area contributed by atoms with E-state index in [1.807, 2.05) is 0 Å². The summed E-state index contributed by atoms with van der Waals surface area (Å²) in [6, 6.07) is 56.1. The van der Waals surface area contributed by atoms with Gasteiger partial charge in [0.25, 0.3) is 0 Å². The average molecular weight is 545 g/mol. The molecule has 8 aromatic rings. The van der Waals surface area contributed by atoms with E-state index in [4.69, 9.17) is 0 Å². The van der Waals surface area contributed by atoms with E-state index in [2.05, 4.69) is 159 Å². The maximum atomic E-state index is 2.38. The summed E-state index contributed by atoms with van der Waals surface area (Å²) < 4.78 is 0. The zero-order valence-corrected chi connectivity index (χ0v) is 23.9. The first-order valence-electron chi connectivity index (χ1n) is 15.0. The van der Waals surface area contributed by atoms with E-state index in [0.717, 1.165) is 0 Å². The van der Waals surface area contributed by atoms with Gasteiger partial charge in [0.15, 0.2) is 0 Å². The highest BCUT2D eigenvalue weighted by Crippen LogP contribution is 2.58. The van der Waals surface area contributed by atoms with Gasteiger partial charge in [0.05, 0.1) is 0 Å². The van der Waals surface area contributed by atoms with Gasteiger partial charge in [-0.1, -0.05) is 151 Å². The van der Waals surface area contributed by atoms with Crippen LogP contribution in [-0.4, -0.2) is 0 Å². The molecule has 0 spiro atoms. The predicted octanol–water partition coefficient (Wildman–Crippen LogP) is 12.1. The minimum Gasteiger partial charge on any atom is -0.0622 e. The van der Waals surface area contributed by atoms with Crippen LogP contribution in [0.1, 0.15) is 5.56 Å². The van der Waals surface area contributed by atoms with Crippen LogP contribution in [0.4, 0.5) is 0 Å². The Balaban J connectivity index is 1.42. The molecule has 0 atom stereocenters. The van der Waals surface area contributed by atoms with Gasteiger partial charge in [-0.15, -0.1) is 0 Å². The number of fused-ring (bicyclic) bond motifs is 5. The lowest BCUT2D eigenvalue weighted by molar-refractivity contribution is 1.51. The van der Waals surface area contributed by atoms with Gasteiger partial charge >= 0.3 is 0 Å². The average Bonchev–Trinajstić information content (AvgIpc) is 3.39. The van der Waals surface area contributed by atoms with Crippen molar-refractivity contribution in [3.05, 3.63) is 157 Å². The van der Waals surface area contributed by atoms with Crippen LogP contribution in [-0.2, 0) is 0 Å². The molecule has 0 aromatic heterocycles. The predicted molar refractivity (Wildman–Crippen MR) is 184 cm³/mol. The highest BCUT2D eigenvalue weighted by atomic mass is 14.3. The van der Waals surface area contributed by atoms with Crippen molar-refractivity contribution < 1.29 is 0 Å². The third-order valence-electron chi connectivity index (χ3n) is 9.23. The molecule has 1 aliphatic rings. The molecule has 0 heterocycles. The van der Waals surface area contributed by atoms with Crippen molar-refractivity contribution >= 4 is 32.3 Å². The molecule has 0 heteroatoms. The van der Waals surface area contributed by atoms with Gasteiger partial charge in [0.1, 0.15) is 0 Å². The highest BCUT2D eigenvalue weighted by molar-refractivity contribution is 6.28. The van der Waals surface area contributed by atoms with E-state index in [1.165, 1.54) is 93.5 Å². The van der Waals surface area contributed by atoms with Crippen LogP contribution in [0.25, 0.3) is 88.0 Å². The molecule has 0 N–H and O–H groups in total. The van der Waals surface area contributed by atoms with Crippen molar-refractivity contribution in [3.8, 4) is 55.6 Å². The van der Waals surface area contributed by atoms with Gasteiger partial charge < -0.3 is 0 Å². The second kappa shape index (κ2) is 9.28. The molecular formula is C43H28. The Morgan fingerprint density at radius 1 is 0.326 bits per heavy atom. The molecule has 0 radical (unpaired) electrons. The van der Waals surface area contributed by atoms with Crippen molar-refractivity contribution in [2.45, 2.75) is 6.92 Å². The second-order valence-electron chi connectivity index (χ2n) is 11.7.